The summed E-state index contributed by atoms with van der Waals surface area (Å²) in [7, 11) is 0. The van der Waals surface area contributed by atoms with E-state index in [1.54, 1.807) is 19.1 Å². The van der Waals surface area contributed by atoms with Crippen LogP contribution in [0.15, 0.2) is 43.8 Å². The molecule has 1 aromatic carbocycles. The second-order valence-electron chi connectivity index (χ2n) is 4.44. The molecule has 0 aliphatic carbocycles. The van der Waals surface area contributed by atoms with E-state index < -0.39 is 17.1 Å². The van der Waals surface area contributed by atoms with E-state index in [4.69, 9.17) is 9.84 Å². The van der Waals surface area contributed by atoms with Crippen LogP contribution in [0.5, 0.6) is 0 Å². The van der Waals surface area contributed by atoms with Gasteiger partial charge in [0, 0.05) is 10.5 Å². The van der Waals surface area contributed by atoms with Crippen molar-refractivity contribution in [3.05, 3.63) is 56.5 Å². The predicted octanol–water partition coefficient (Wildman–Crippen LogP) is 1.10. The van der Waals surface area contributed by atoms with Crippen LogP contribution in [0.1, 0.15) is 5.56 Å². The molecule has 0 saturated heterocycles. The van der Waals surface area contributed by atoms with Gasteiger partial charge in [0.05, 0.1) is 18.2 Å². The molecule has 1 heterocycles. The highest BCUT2D eigenvalue weighted by Gasteiger charge is 2.13. The minimum absolute atomic E-state index is 0.0642. The Balaban J connectivity index is 2.43. The Morgan fingerprint density at radius 2 is 2.18 bits per heavy atom. The second-order valence-corrected chi connectivity index (χ2v) is 5.50. The summed E-state index contributed by atoms with van der Waals surface area (Å²) in [6, 6.07) is 5.85. The monoisotopic (exact) mass is 326 g/mol. The number of aliphatic hydroxyl groups excluding tert-OH is 1. The molecule has 0 spiro atoms. The highest BCUT2D eigenvalue weighted by atomic mass is 32.2. The number of ether oxygens (including phenoxy) is 1. The SMILES string of the molecule is Cc1c(Sc2cccc(F)c2)n(COCCO)c(=O)[nH]c1=O. The molecular formula is C14H15FN2O4S. The second kappa shape index (κ2) is 7.39. The quantitative estimate of drug-likeness (QED) is 0.613. The molecule has 0 amide bonds. The summed E-state index contributed by atoms with van der Waals surface area (Å²) in [6.07, 6.45) is 0. The maximum absolute atomic E-state index is 13.3. The Hall–Kier alpha value is -1.90. The van der Waals surface area contributed by atoms with Crippen LogP contribution in [-0.2, 0) is 11.5 Å². The van der Waals surface area contributed by atoms with Gasteiger partial charge in [-0.25, -0.2) is 9.18 Å². The standard InChI is InChI=1S/C14H15FN2O4S/c1-9-12(19)16-14(20)17(8-21-6-5-18)13(9)22-11-4-2-3-10(15)7-11/h2-4,7,18H,5-6,8H2,1H3,(H,16,19,20). The number of aliphatic hydroxyl groups is 1. The topological polar surface area (TPSA) is 84.3 Å². The van der Waals surface area contributed by atoms with Gasteiger partial charge in [-0.2, -0.15) is 0 Å². The van der Waals surface area contributed by atoms with Crippen LogP contribution < -0.4 is 11.2 Å². The van der Waals surface area contributed by atoms with Gasteiger partial charge in [-0.05, 0) is 25.1 Å². The first-order chi connectivity index (χ1) is 10.5. The highest BCUT2D eigenvalue weighted by molar-refractivity contribution is 7.99. The number of H-pyrrole nitrogens is 1. The van der Waals surface area contributed by atoms with E-state index in [-0.39, 0.29) is 19.9 Å². The molecule has 0 aliphatic heterocycles. The molecule has 8 heteroatoms. The number of benzene rings is 1. The van der Waals surface area contributed by atoms with Gasteiger partial charge in [0.1, 0.15) is 12.5 Å². The average Bonchev–Trinajstić information content (AvgIpc) is 2.48. The largest absolute Gasteiger partial charge is 0.394 e. The molecule has 0 saturated carbocycles. The molecule has 2 N–H and O–H groups in total. The van der Waals surface area contributed by atoms with Crippen molar-refractivity contribution < 1.29 is 14.2 Å². The molecule has 0 radical (unpaired) electrons. The van der Waals surface area contributed by atoms with Gasteiger partial charge in [0.2, 0.25) is 0 Å². The predicted molar refractivity (Wildman–Crippen MR) is 79.6 cm³/mol. The Morgan fingerprint density at radius 1 is 1.41 bits per heavy atom. The van der Waals surface area contributed by atoms with Crippen LogP contribution in [0, 0.1) is 12.7 Å². The van der Waals surface area contributed by atoms with Crippen molar-refractivity contribution in [3.63, 3.8) is 0 Å². The van der Waals surface area contributed by atoms with Crippen LogP contribution >= 0.6 is 11.8 Å². The normalized spacial score (nSPS) is 10.9. The molecule has 1 aromatic heterocycles. The van der Waals surface area contributed by atoms with E-state index in [9.17, 15) is 14.0 Å². The van der Waals surface area contributed by atoms with Crippen LogP contribution in [0.2, 0.25) is 0 Å². The zero-order chi connectivity index (χ0) is 16.1. The van der Waals surface area contributed by atoms with Gasteiger partial charge in [0.15, 0.2) is 0 Å². The van der Waals surface area contributed by atoms with Crippen LogP contribution in [0.25, 0.3) is 0 Å². The van der Waals surface area contributed by atoms with Crippen molar-refractivity contribution in [2.24, 2.45) is 0 Å². The molecule has 0 aliphatic rings. The average molecular weight is 326 g/mol. The van der Waals surface area contributed by atoms with Gasteiger partial charge in [-0.3, -0.25) is 14.3 Å². The Labute approximate surface area is 129 Å². The number of rotatable bonds is 6. The van der Waals surface area contributed by atoms with Crippen LogP contribution in [0.4, 0.5) is 4.39 Å². The number of hydrogen-bond donors (Lipinski definition) is 2. The molecule has 0 atom stereocenters. The van der Waals surface area contributed by atoms with Crippen molar-refractivity contribution in [2.45, 2.75) is 23.6 Å². The lowest BCUT2D eigenvalue weighted by molar-refractivity contribution is 0.0411. The molecular weight excluding hydrogens is 311 g/mol. The molecule has 0 bridgehead atoms. The fraction of sp³-hybridized carbons (Fsp3) is 0.286. The van der Waals surface area contributed by atoms with E-state index >= 15 is 0 Å². The third kappa shape index (κ3) is 3.85. The molecule has 0 unspecified atom stereocenters. The Kier molecular flexibility index (Phi) is 5.53. The number of aromatic nitrogens is 2. The van der Waals surface area contributed by atoms with E-state index in [1.807, 2.05) is 0 Å². The molecule has 118 valence electrons. The zero-order valence-corrected chi connectivity index (χ0v) is 12.7. The summed E-state index contributed by atoms with van der Waals surface area (Å²) in [5, 5.41) is 9.10. The van der Waals surface area contributed by atoms with Crippen molar-refractivity contribution in [1.82, 2.24) is 9.55 Å². The van der Waals surface area contributed by atoms with Gasteiger partial charge < -0.3 is 9.84 Å². The van der Waals surface area contributed by atoms with E-state index in [0.29, 0.717) is 15.5 Å². The molecule has 2 aromatic rings. The van der Waals surface area contributed by atoms with E-state index in [1.165, 1.54) is 16.7 Å². The van der Waals surface area contributed by atoms with Crippen molar-refractivity contribution in [1.29, 1.82) is 0 Å². The van der Waals surface area contributed by atoms with Gasteiger partial charge >= 0.3 is 5.69 Å². The first-order valence-electron chi connectivity index (χ1n) is 6.48. The minimum atomic E-state index is -0.618. The lowest BCUT2D eigenvalue weighted by Crippen LogP contribution is -2.33. The smallest absolute Gasteiger partial charge is 0.331 e. The Bertz CT molecular complexity index is 772. The molecule has 2 rings (SSSR count). The third-order valence-electron chi connectivity index (χ3n) is 2.84. The van der Waals surface area contributed by atoms with Crippen LogP contribution in [0.3, 0.4) is 0 Å². The number of halogens is 1. The van der Waals surface area contributed by atoms with Crippen LogP contribution in [-0.4, -0.2) is 27.9 Å². The number of aromatic amines is 1. The van der Waals surface area contributed by atoms with Gasteiger partial charge in [0.25, 0.3) is 5.56 Å². The number of hydrogen-bond acceptors (Lipinski definition) is 5. The Morgan fingerprint density at radius 3 is 2.86 bits per heavy atom. The molecule has 6 nitrogen and oxygen atoms in total. The lowest BCUT2D eigenvalue weighted by atomic mass is 10.3. The summed E-state index contributed by atoms with van der Waals surface area (Å²) in [5.74, 6) is -0.405. The first kappa shape index (κ1) is 16.5. The first-order valence-corrected chi connectivity index (χ1v) is 7.30. The summed E-state index contributed by atoms with van der Waals surface area (Å²) < 4.78 is 19.7. The van der Waals surface area contributed by atoms with Crippen molar-refractivity contribution in [2.75, 3.05) is 13.2 Å². The number of nitrogens with one attached hydrogen (secondary N) is 1. The van der Waals surface area contributed by atoms with Crippen molar-refractivity contribution >= 4 is 11.8 Å². The minimum Gasteiger partial charge on any atom is -0.394 e. The van der Waals surface area contributed by atoms with Gasteiger partial charge in [-0.1, -0.05) is 17.8 Å². The molecule has 0 fully saturated rings. The summed E-state index contributed by atoms with van der Waals surface area (Å²) in [6.45, 7) is 1.34. The maximum Gasteiger partial charge on any atom is 0.331 e. The maximum atomic E-state index is 13.3. The van der Waals surface area contributed by atoms with Crippen molar-refractivity contribution in [3.8, 4) is 0 Å². The summed E-state index contributed by atoms with van der Waals surface area (Å²) >= 11 is 1.10. The fourth-order valence-electron chi connectivity index (χ4n) is 1.76. The van der Waals surface area contributed by atoms with E-state index in [2.05, 4.69) is 4.98 Å². The fourth-order valence-corrected chi connectivity index (χ4v) is 2.79. The number of nitrogens with zero attached hydrogens (tertiary/aromatic N) is 1. The highest BCUT2D eigenvalue weighted by Crippen LogP contribution is 2.28. The van der Waals surface area contributed by atoms with Gasteiger partial charge in [-0.15, -0.1) is 0 Å². The lowest BCUT2D eigenvalue weighted by Gasteiger charge is -2.14. The zero-order valence-electron chi connectivity index (χ0n) is 11.8. The summed E-state index contributed by atoms with van der Waals surface area (Å²) in [4.78, 5) is 26.5. The third-order valence-corrected chi connectivity index (χ3v) is 4.05. The summed E-state index contributed by atoms with van der Waals surface area (Å²) in [5.41, 5.74) is -0.781. The molecule has 22 heavy (non-hydrogen) atoms. The van der Waals surface area contributed by atoms with E-state index in [0.717, 1.165) is 11.8 Å².